The Kier molecular flexibility index (Phi) is 7.98. The molecule has 0 spiro atoms. The minimum absolute atomic E-state index is 0. The molecule has 2 aliphatic rings. The van der Waals surface area contributed by atoms with Gasteiger partial charge in [-0.1, -0.05) is 6.42 Å². The van der Waals surface area contributed by atoms with Crippen molar-refractivity contribution in [2.45, 2.75) is 51.1 Å². The lowest BCUT2D eigenvalue weighted by Gasteiger charge is -2.41. The van der Waals surface area contributed by atoms with Gasteiger partial charge in [-0.2, -0.15) is 0 Å². The average molecular weight is 255 g/mol. The van der Waals surface area contributed by atoms with E-state index in [-0.39, 0.29) is 24.8 Å². The monoisotopic (exact) mass is 254 g/mol. The Morgan fingerprint density at radius 3 is 2.27 bits per heavy atom. The Morgan fingerprint density at radius 1 is 1.00 bits per heavy atom. The molecular formula is C11H24Cl2N2. The van der Waals surface area contributed by atoms with Crippen LogP contribution in [0.25, 0.3) is 0 Å². The first-order chi connectivity index (χ1) is 6.38. The molecule has 2 fully saturated rings. The van der Waals surface area contributed by atoms with Crippen LogP contribution < -0.4 is 5.32 Å². The molecule has 0 bridgehead atoms. The second-order valence-electron chi connectivity index (χ2n) is 4.56. The normalized spacial score (nSPS) is 29.0. The molecule has 0 saturated carbocycles. The molecule has 2 aliphatic heterocycles. The zero-order valence-electron chi connectivity index (χ0n) is 9.58. The minimum atomic E-state index is 0. The second kappa shape index (κ2) is 7.72. The topological polar surface area (TPSA) is 15.3 Å². The van der Waals surface area contributed by atoms with Crippen molar-refractivity contribution in [1.29, 1.82) is 0 Å². The maximum atomic E-state index is 3.44. The number of hydrogen-bond donors (Lipinski definition) is 1. The van der Waals surface area contributed by atoms with Crippen molar-refractivity contribution >= 4 is 24.8 Å². The molecule has 2 rings (SSSR count). The standard InChI is InChI=1S/C11H22N2.2ClH/c1-10-4-2-3-9-13(10)11-5-7-12-8-6-11;;/h10-12H,2-9H2,1H3;2*1H. The highest BCUT2D eigenvalue weighted by molar-refractivity contribution is 5.85. The van der Waals surface area contributed by atoms with Gasteiger partial charge in [0.15, 0.2) is 0 Å². The van der Waals surface area contributed by atoms with Crippen molar-refractivity contribution in [3.63, 3.8) is 0 Å². The highest BCUT2D eigenvalue weighted by Gasteiger charge is 2.26. The van der Waals surface area contributed by atoms with Crippen molar-refractivity contribution in [2.24, 2.45) is 0 Å². The van der Waals surface area contributed by atoms with E-state index in [1.807, 2.05) is 0 Å². The predicted molar refractivity (Wildman–Crippen MR) is 70.4 cm³/mol. The quantitative estimate of drug-likeness (QED) is 0.774. The highest BCUT2D eigenvalue weighted by Crippen LogP contribution is 2.22. The van der Waals surface area contributed by atoms with E-state index >= 15 is 0 Å². The molecule has 2 heterocycles. The maximum Gasteiger partial charge on any atom is 0.0122 e. The van der Waals surface area contributed by atoms with Crippen LogP contribution in [0.2, 0.25) is 0 Å². The van der Waals surface area contributed by atoms with Crippen LogP contribution in [0.5, 0.6) is 0 Å². The van der Waals surface area contributed by atoms with Crippen LogP contribution in [0.1, 0.15) is 39.0 Å². The number of likely N-dealkylation sites (tertiary alicyclic amines) is 1. The highest BCUT2D eigenvalue weighted by atomic mass is 35.5. The van der Waals surface area contributed by atoms with Gasteiger partial charge in [-0.15, -0.1) is 24.8 Å². The summed E-state index contributed by atoms with van der Waals surface area (Å²) in [6, 6.07) is 1.73. The lowest BCUT2D eigenvalue weighted by molar-refractivity contribution is 0.0859. The van der Waals surface area contributed by atoms with Crippen LogP contribution in [0, 0.1) is 0 Å². The van der Waals surface area contributed by atoms with Gasteiger partial charge in [-0.25, -0.2) is 0 Å². The van der Waals surface area contributed by atoms with Crippen LogP contribution in [0.15, 0.2) is 0 Å². The fourth-order valence-corrected chi connectivity index (χ4v) is 2.80. The Bertz CT molecular complexity index is 161. The third kappa shape index (κ3) is 4.10. The van der Waals surface area contributed by atoms with Crippen LogP contribution >= 0.6 is 24.8 Å². The third-order valence-electron chi connectivity index (χ3n) is 3.63. The van der Waals surface area contributed by atoms with Crippen molar-refractivity contribution in [1.82, 2.24) is 10.2 Å². The Hall–Kier alpha value is 0.500. The molecule has 0 aromatic carbocycles. The third-order valence-corrected chi connectivity index (χ3v) is 3.63. The molecule has 0 aromatic rings. The summed E-state index contributed by atoms with van der Waals surface area (Å²) in [7, 11) is 0. The summed E-state index contributed by atoms with van der Waals surface area (Å²) >= 11 is 0. The molecule has 1 atom stereocenters. The van der Waals surface area contributed by atoms with E-state index in [0.717, 1.165) is 12.1 Å². The van der Waals surface area contributed by atoms with Gasteiger partial charge < -0.3 is 5.32 Å². The number of nitrogens with one attached hydrogen (secondary N) is 1. The molecule has 1 N–H and O–H groups in total. The maximum absolute atomic E-state index is 3.44. The molecule has 0 aromatic heterocycles. The summed E-state index contributed by atoms with van der Waals surface area (Å²) in [6.45, 7) is 6.22. The molecule has 1 unspecified atom stereocenters. The average Bonchev–Trinajstić information content (AvgIpc) is 2.20. The smallest absolute Gasteiger partial charge is 0.0122 e. The fourth-order valence-electron chi connectivity index (χ4n) is 2.80. The summed E-state index contributed by atoms with van der Waals surface area (Å²) in [4.78, 5) is 2.75. The lowest BCUT2D eigenvalue weighted by atomic mass is 9.97. The van der Waals surface area contributed by atoms with Crippen molar-refractivity contribution in [2.75, 3.05) is 19.6 Å². The van der Waals surface area contributed by atoms with E-state index < -0.39 is 0 Å². The van der Waals surface area contributed by atoms with Gasteiger partial charge in [-0.05, 0) is 52.2 Å². The van der Waals surface area contributed by atoms with Crippen LogP contribution in [0.3, 0.4) is 0 Å². The molecular weight excluding hydrogens is 231 g/mol. The van der Waals surface area contributed by atoms with Crippen molar-refractivity contribution < 1.29 is 0 Å². The molecule has 0 radical (unpaired) electrons. The summed E-state index contributed by atoms with van der Waals surface area (Å²) in [5.41, 5.74) is 0. The van der Waals surface area contributed by atoms with Gasteiger partial charge in [-0.3, -0.25) is 4.90 Å². The van der Waals surface area contributed by atoms with Gasteiger partial charge in [0.05, 0.1) is 0 Å². The summed E-state index contributed by atoms with van der Waals surface area (Å²) in [6.07, 6.45) is 7.02. The molecule has 15 heavy (non-hydrogen) atoms. The fraction of sp³-hybridized carbons (Fsp3) is 1.00. The van der Waals surface area contributed by atoms with Gasteiger partial charge in [0.25, 0.3) is 0 Å². The Balaban J connectivity index is 0.000000980. The van der Waals surface area contributed by atoms with Crippen LogP contribution in [-0.4, -0.2) is 36.6 Å². The zero-order chi connectivity index (χ0) is 9.10. The molecule has 2 saturated heterocycles. The SMILES string of the molecule is CC1CCCCN1C1CCNCC1.Cl.Cl. The van der Waals surface area contributed by atoms with E-state index in [1.165, 1.54) is 51.7 Å². The first-order valence-electron chi connectivity index (χ1n) is 5.84. The van der Waals surface area contributed by atoms with E-state index in [2.05, 4.69) is 17.1 Å². The van der Waals surface area contributed by atoms with E-state index in [1.54, 1.807) is 0 Å². The molecule has 4 heteroatoms. The van der Waals surface area contributed by atoms with Crippen LogP contribution in [0.4, 0.5) is 0 Å². The number of halogens is 2. The molecule has 92 valence electrons. The number of nitrogens with zero attached hydrogens (tertiary/aromatic N) is 1. The summed E-state index contributed by atoms with van der Waals surface area (Å²) in [5, 5.41) is 3.44. The molecule has 0 amide bonds. The van der Waals surface area contributed by atoms with Gasteiger partial charge in [0.1, 0.15) is 0 Å². The first-order valence-corrected chi connectivity index (χ1v) is 5.84. The molecule has 0 aliphatic carbocycles. The summed E-state index contributed by atoms with van der Waals surface area (Å²) in [5.74, 6) is 0. The first kappa shape index (κ1) is 15.5. The number of hydrogen-bond acceptors (Lipinski definition) is 2. The summed E-state index contributed by atoms with van der Waals surface area (Å²) < 4.78 is 0. The largest absolute Gasteiger partial charge is 0.317 e. The van der Waals surface area contributed by atoms with Crippen molar-refractivity contribution in [3.05, 3.63) is 0 Å². The van der Waals surface area contributed by atoms with Gasteiger partial charge in [0.2, 0.25) is 0 Å². The van der Waals surface area contributed by atoms with E-state index in [9.17, 15) is 0 Å². The van der Waals surface area contributed by atoms with E-state index in [0.29, 0.717) is 0 Å². The Morgan fingerprint density at radius 2 is 1.67 bits per heavy atom. The minimum Gasteiger partial charge on any atom is -0.317 e. The van der Waals surface area contributed by atoms with E-state index in [4.69, 9.17) is 0 Å². The second-order valence-corrected chi connectivity index (χ2v) is 4.56. The van der Waals surface area contributed by atoms with Crippen molar-refractivity contribution in [3.8, 4) is 0 Å². The Labute approximate surface area is 106 Å². The van der Waals surface area contributed by atoms with Gasteiger partial charge in [0, 0.05) is 12.1 Å². The molecule has 2 nitrogen and oxygen atoms in total. The van der Waals surface area contributed by atoms with Crippen LogP contribution in [-0.2, 0) is 0 Å². The number of rotatable bonds is 1. The van der Waals surface area contributed by atoms with Gasteiger partial charge >= 0.3 is 0 Å². The predicted octanol–water partition coefficient (Wildman–Crippen LogP) is 2.46. The lowest BCUT2D eigenvalue weighted by Crippen LogP contribution is -2.49. The number of piperidine rings is 2. The zero-order valence-corrected chi connectivity index (χ0v) is 11.2.